The van der Waals surface area contributed by atoms with E-state index in [0.29, 0.717) is 10.0 Å². The largest absolute Gasteiger partial charge is 0.468 e. The lowest BCUT2D eigenvalue weighted by atomic mass is 10.1. The Balaban J connectivity index is 1.93. The van der Waals surface area contributed by atoms with Gasteiger partial charge < -0.3 is 10.1 Å². The molecule has 2 rings (SSSR count). The second kappa shape index (κ2) is 5.80. The van der Waals surface area contributed by atoms with Gasteiger partial charge in [0.15, 0.2) is 0 Å². The highest BCUT2D eigenvalue weighted by molar-refractivity contribution is 6.35. The molecule has 0 aromatic heterocycles. The molecule has 1 saturated carbocycles. The lowest BCUT2D eigenvalue weighted by Gasteiger charge is -2.05. The van der Waals surface area contributed by atoms with E-state index in [1.807, 2.05) is 6.07 Å². The van der Waals surface area contributed by atoms with Crippen LogP contribution in [-0.2, 0) is 14.3 Å². The molecule has 4 nitrogen and oxygen atoms in total. The van der Waals surface area contributed by atoms with Crippen LogP contribution in [0.3, 0.4) is 0 Å². The van der Waals surface area contributed by atoms with Crippen LogP contribution in [0.25, 0.3) is 0 Å². The number of nitrogens with one attached hydrogen (secondary N) is 1. The first-order valence-electron chi connectivity index (χ1n) is 5.82. The Hall–Kier alpha value is -1.26. The minimum Gasteiger partial charge on any atom is -0.468 e. The Morgan fingerprint density at radius 3 is 2.79 bits per heavy atom. The van der Waals surface area contributed by atoms with Crippen LogP contribution in [0.15, 0.2) is 18.2 Å². The number of methoxy groups -OCH3 is 1. The SMILES string of the molecule is COC(=O)CNC(=O)C1CC1c1ccc(Cl)cc1Cl. The normalized spacial score (nSPS) is 20.8. The molecular formula is C13H13Cl2NO3. The first-order chi connectivity index (χ1) is 9.02. The fourth-order valence-electron chi connectivity index (χ4n) is 1.99. The second-order valence-corrected chi connectivity index (χ2v) is 5.25. The smallest absolute Gasteiger partial charge is 0.325 e. The Morgan fingerprint density at radius 1 is 1.42 bits per heavy atom. The highest BCUT2D eigenvalue weighted by Gasteiger charge is 2.44. The van der Waals surface area contributed by atoms with Gasteiger partial charge in [0.05, 0.1) is 7.11 Å². The molecule has 0 aliphatic heterocycles. The van der Waals surface area contributed by atoms with E-state index in [4.69, 9.17) is 23.2 Å². The van der Waals surface area contributed by atoms with Gasteiger partial charge in [-0.1, -0.05) is 29.3 Å². The van der Waals surface area contributed by atoms with Gasteiger partial charge in [0.2, 0.25) is 5.91 Å². The molecule has 1 aliphatic rings. The summed E-state index contributed by atoms with van der Waals surface area (Å²) in [5.74, 6) is -0.651. The zero-order valence-electron chi connectivity index (χ0n) is 10.3. The number of hydrogen-bond acceptors (Lipinski definition) is 3. The van der Waals surface area contributed by atoms with Crippen molar-refractivity contribution in [3.63, 3.8) is 0 Å². The van der Waals surface area contributed by atoms with Crippen LogP contribution in [0.1, 0.15) is 17.9 Å². The number of esters is 1. The van der Waals surface area contributed by atoms with E-state index in [1.54, 1.807) is 12.1 Å². The minimum absolute atomic E-state index is 0.0995. The molecule has 0 heterocycles. The average Bonchev–Trinajstić information content (AvgIpc) is 3.15. The Labute approximate surface area is 121 Å². The van der Waals surface area contributed by atoms with Gasteiger partial charge in [-0.15, -0.1) is 0 Å². The lowest BCUT2D eigenvalue weighted by Crippen LogP contribution is -2.31. The highest BCUT2D eigenvalue weighted by atomic mass is 35.5. The van der Waals surface area contributed by atoms with Crippen molar-refractivity contribution < 1.29 is 14.3 Å². The summed E-state index contributed by atoms with van der Waals surface area (Å²) in [4.78, 5) is 22.7. The summed E-state index contributed by atoms with van der Waals surface area (Å²) in [6, 6.07) is 5.26. The fraction of sp³-hybridized carbons (Fsp3) is 0.385. The third-order valence-corrected chi connectivity index (χ3v) is 3.69. The molecule has 1 fully saturated rings. The molecule has 2 atom stereocenters. The molecule has 0 saturated heterocycles. The number of amides is 1. The third kappa shape index (κ3) is 3.39. The average molecular weight is 302 g/mol. The van der Waals surface area contributed by atoms with Gasteiger partial charge >= 0.3 is 5.97 Å². The number of halogens is 2. The fourth-order valence-corrected chi connectivity index (χ4v) is 2.54. The van der Waals surface area contributed by atoms with E-state index in [2.05, 4.69) is 10.1 Å². The van der Waals surface area contributed by atoms with Crippen LogP contribution in [0, 0.1) is 5.92 Å². The van der Waals surface area contributed by atoms with Crippen molar-refractivity contribution >= 4 is 35.1 Å². The summed E-state index contributed by atoms with van der Waals surface area (Å²) in [7, 11) is 1.28. The van der Waals surface area contributed by atoms with Crippen LogP contribution < -0.4 is 5.32 Å². The van der Waals surface area contributed by atoms with Gasteiger partial charge in [0.1, 0.15) is 6.54 Å². The third-order valence-electron chi connectivity index (χ3n) is 3.12. The van der Waals surface area contributed by atoms with Gasteiger partial charge in [-0.3, -0.25) is 9.59 Å². The summed E-state index contributed by atoms with van der Waals surface area (Å²) in [6.07, 6.45) is 0.731. The lowest BCUT2D eigenvalue weighted by molar-refractivity contribution is -0.141. The van der Waals surface area contributed by atoms with Gasteiger partial charge in [0, 0.05) is 16.0 Å². The summed E-state index contributed by atoms with van der Waals surface area (Å²) in [5.41, 5.74) is 0.921. The Bertz CT molecular complexity index is 519. The van der Waals surface area contributed by atoms with E-state index >= 15 is 0 Å². The first-order valence-corrected chi connectivity index (χ1v) is 6.58. The quantitative estimate of drug-likeness (QED) is 0.869. The van der Waals surface area contributed by atoms with Crippen molar-refractivity contribution in [2.45, 2.75) is 12.3 Å². The van der Waals surface area contributed by atoms with Gasteiger partial charge in [0.25, 0.3) is 0 Å². The maximum atomic E-state index is 11.8. The number of ether oxygens (including phenoxy) is 1. The number of rotatable bonds is 4. The molecule has 0 radical (unpaired) electrons. The van der Waals surface area contributed by atoms with Gasteiger partial charge in [-0.05, 0) is 30.0 Å². The number of carbonyl (C=O) groups excluding carboxylic acids is 2. The van der Waals surface area contributed by atoms with Crippen molar-refractivity contribution in [1.82, 2.24) is 5.32 Å². The van der Waals surface area contributed by atoms with Crippen LogP contribution in [0.5, 0.6) is 0 Å². The summed E-state index contributed by atoms with van der Waals surface area (Å²) in [5, 5.41) is 3.68. The van der Waals surface area contributed by atoms with Crippen LogP contribution in [0.4, 0.5) is 0 Å². The molecule has 2 unspecified atom stereocenters. The molecule has 19 heavy (non-hydrogen) atoms. The standard InChI is InChI=1S/C13H13Cl2NO3/c1-19-12(17)6-16-13(18)10-5-9(10)8-3-2-7(14)4-11(8)15/h2-4,9-10H,5-6H2,1H3,(H,16,18). The molecule has 1 aromatic carbocycles. The van der Waals surface area contributed by atoms with E-state index < -0.39 is 5.97 Å². The molecule has 1 aliphatic carbocycles. The van der Waals surface area contributed by atoms with Crippen LogP contribution in [0.2, 0.25) is 10.0 Å². The second-order valence-electron chi connectivity index (χ2n) is 4.41. The Morgan fingerprint density at radius 2 is 2.16 bits per heavy atom. The maximum absolute atomic E-state index is 11.8. The zero-order chi connectivity index (χ0) is 14.0. The van der Waals surface area contributed by atoms with Crippen LogP contribution >= 0.6 is 23.2 Å². The number of benzene rings is 1. The van der Waals surface area contributed by atoms with E-state index in [0.717, 1.165) is 12.0 Å². The molecule has 6 heteroatoms. The topological polar surface area (TPSA) is 55.4 Å². The summed E-state index contributed by atoms with van der Waals surface area (Å²) in [6.45, 7) is -0.104. The molecule has 102 valence electrons. The molecule has 1 amide bonds. The van der Waals surface area contributed by atoms with Crippen molar-refractivity contribution in [2.75, 3.05) is 13.7 Å². The molecule has 0 bridgehead atoms. The van der Waals surface area contributed by atoms with E-state index in [1.165, 1.54) is 7.11 Å². The molecule has 1 N–H and O–H groups in total. The van der Waals surface area contributed by atoms with E-state index in [9.17, 15) is 9.59 Å². The highest BCUT2D eigenvalue weighted by Crippen LogP contribution is 2.49. The first kappa shape index (κ1) is 14.2. The predicted octanol–water partition coefficient (Wildman–Crippen LogP) is 2.39. The van der Waals surface area contributed by atoms with Gasteiger partial charge in [-0.2, -0.15) is 0 Å². The zero-order valence-corrected chi connectivity index (χ0v) is 11.8. The molecule has 1 aromatic rings. The summed E-state index contributed by atoms with van der Waals surface area (Å²) < 4.78 is 4.46. The predicted molar refractivity (Wildman–Crippen MR) is 72.3 cm³/mol. The number of hydrogen-bond donors (Lipinski definition) is 1. The van der Waals surface area contributed by atoms with Crippen LogP contribution in [-0.4, -0.2) is 25.5 Å². The van der Waals surface area contributed by atoms with E-state index in [-0.39, 0.29) is 24.3 Å². The maximum Gasteiger partial charge on any atom is 0.325 e. The van der Waals surface area contributed by atoms with Crippen molar-refractivity contribution in [3.8, 4) is 0 Å². The van der Waals surface area contributed by atoms with Crippen molar-refractivity contribution in [2.24, 2.45) is 5.92 Å². The minimum atomic E-state index is -0.463. The van der Waals surface area contributed by atoms with Crippen molar-refractivity contribution in [3.05, 3.63) is 33.8 Å². The Kier molecular flexibility index (Phi) is 4.32. The summed E-state index contributed by atoms with van der Waals surface area (Å²) >= 11 is 11.9. The van der Waals surface area contributed by atoms with Gasteiger partial charge in [-0.25, -0.2) is 0 Å². The van der Waals surface area contributed by atoms with Crippen molar-refractivity contribution in [1.29, 1.82) is 0 Å². The monoisotopic (exact) mass is 301 g/mol. The molecule has 0 spiro atoms. The molecular weight excluding hydrogens is 289 g/mol. The number of carbonyl (C=O) groups is 2.